The Labute approximate surface area is 225 Å². The second kappa shape index (κ2) is 9.64. The number of phenols is 1. The number of nitrogens with zero attached hydrogens (tertiary/aromatic N) is 1. The number of hydrogen-bond donors (Lipinski definition) is 6. The molecule has 4 atom stereocenters. The van der Waals surface area contributed by atoms with Crippen LogP contribution in [0.3, 0.4) is 0 Å². The number of carbonyl (C=O) groups is 3. The molecule has 0 heterocycles. The molecule has 0 aliphatic heterocycles. The number of likely N-dealkylation sites (N-methyl/N-ethyl adjacent to an activating group) is 1. The van der Waals surface area contributed by atoms with Gasteiger partial charge >= 0.3 is 0 Å². The fourth-order valence-corrected chi connectivity index (χ4v) is 6.41. The maximum Gasteiger partial charge on any atom is 0.255 e. The average Bonchev–Trinajstić information content (AvgIpc) is 2.87. The van der Waals surface area contributed by atoms with Gasteiger partial charge in [0, 0.05) is 24.6 Å². The molecule has 0 aromatic heterocycles. The van der Waals surface area contributed by atoms with Crippen molar-refractivity contribution in [3.63, 3.8) is 0 Å². The molecule has 0 saturated heterocycles. The summed E-state index contributed by atoms with van der Waals surface area (Å²) in [5.74, 6) is -6.58. The highest BCUT2D eigenvalue weighted by Gasteiger charge is 2.64. The molecule has 3 aliphatic carbocycles. The molecule has 1 saturated carbocycles. The number of phenolic OH excluding ortho intramolecular Hbond substituents is 1. The maximum atomic E-state index is 13.9. The lowest BCUT2D eigenvalue weighted by molar-refractivity contribution is -0.153. The van der Waals surface area contributed by atoms with Crippen LogP contribution in [0.15, 0.2) is 59.4 Å². The first-order valence-corrected chi connectivity index (χ1v) is 12.7. The average molecular weight is 534 g/mol. The van der Waals surface area contributed by atoms with Gasteiger partial charge in [0.2, 0.25) is 5.78 Å². The second-order valence-corrected chi connectivity index (χ2v) is 10.6. The number of rotatable bonds is 6. The van der Waals surface area contributed by atoms with Crippen molar-refractivity contribution in [3.8, 4) is 5.75 Å². The van der Waals surface area contributed by atoms with Crippen LogP contribution in [0.1, 0.15) is 28.7 Å². The molecule has 3 aliphatic rings. The van der Waals surface area contributed by atoms with E-state index < -0.39 is 58.0 Å². The third kappa shape index (κ3) is 4.03. The van der Waals surface area contributed by atoms with E-state index in [9.17, 15) is 34.8 Å². The number of fused-ring (bicyclic) bond motifs is 3. The lowest BCUT2D eigenvalue weighted by Crippen LogP contribution is -2.65. The van der Waals surface area contributed by atoms with E-state index in [2.05, 4.69) is 5.32 Å². The van der Waals surface area contributed by atoms with Gasteiger partial charge in [0.15, 0.2) is 11.4 Å². The summed E-state index contributed by atoms with van der Waals surface area (Å²) in [5, 5.41) is 48.0. The number of nitrogens with one attached hydrogen (secondary N) is 1. The van der Waals surface area contributed by atoms with E-state index in [4.69, 9.17) is 5.73 Å². The molecule has 5 rings (SSSR count). The number of aliphatic hydroxyl groups is 3. The predicted octanol–water partition coefficient (Wildman–Crippen LogP) is 1.25. The normalized spacial score (nSPS) is 26.4. The maximum absolute atomic E-state index is 13.9. The quantitative estimate of drug-likeness (QED) is 0.299. The zero-order valence-electron chi connectivity index (χ0n) is 21.6. The van der Waals surface area contributed by atoms with Crippen molar-refractivity contribution in [2.45, 2.75) is 37.6 Å². The third-order valence-electron chi connectivity index (χ3n) is 8.19. The molecule has 0 spiro atoms. The molecule has 7 N–H and O–H groups in total. The molecule has 0 unspecified atom stereocenters. The van der Waals surface area contributed by atoms with E-state index in [1.807, 2.05) is 30.3 Å². The SMILES string of the molecule is CN(C)[C@H]1C(=O)C(C(N)=O)=C(O)[C@@]2(O)C(=O)C3=C(O)c4c(O)ccc(CNCc5ccccc5)c4C[C@H]3C[C@@H]12. The predicted molar refractivity (Wildman–Crippen MR) is 141 cm³/mol. The Morgan fingerprint density at radius 3 is 2.41 bits per heavy atom. The van der Waals surface area contributed by atoms with Crippen LogP contribution in [-0.4, -0.2) is 68.5 Å². The van der Waals surface area contributed by atoms with Crippen LogP contribution in [0.5, 0.6) is 5.75 Å². The third-order valence-corrected chi connectivity index (χ3v) is 8.19. The molecule has 10 heteroatoms. The van der Waals surface area contributed by atoms with E-state index in [1.165, 1.54) is 11.0 Å². The van der Waals surface area contributed by atoms with Crippen LogP contribution in [0, 0.1) is 11.8 Å². The summed E-state index contributed by atoms with van der Waals surface area (Å²) in [4.78, 5) is 40.6. The summed E-state index contributed by atoms with van der Waals surface area (Å²) < 4.78 is 0. The lowest BCUT2D eigenvalue weighted by atomic mass is 9.57. The van der Waals surface area contributed by atoms with Crippen LogP contribution >= 0.6 is 0 Å². The Morgan fingerprint density at radius 2 is 1.77 bits per heavy atom. The Bertz CT molecular complexity index is 1450. The molecular formula is C29H31N3O7. The molecule has 10 nitrogen and oxygen atoms in total. The number of aromatic hydroxyl groups is 1. The second-order valence-electron chi connectivity index (χ2n) is 10.6. The molecule has 2 aromatic rings. The van der Waals surface area contributed by atoms with Gasteiger partial charge in [-0.05, 0) is 55.6 Å². The van der Waals surface area contributed by atoms with Gasteiger partial charge < -0.3 is 31.5 Å². The largest absolute Gasteiger partial charge is 0.508 e. The van der Waals surface area contributed by atoms with Gasteiger partial charge in [-0.25, -0.2) is 0 Å². The van der Waals surface area contributed by atoms with Gasteiger partial charge in [-0.15, -0.1) is 0 Å². The molecular weight excluding hydrogens is 502 g/mol. The van der Waals surface area contributed by atoms with E-state index in [0.29, 0.717) is 18.7 Å². The summed E-state index contributed by atoms with van der Waals surface area (Å²) in [6, 6.07) is 11.9. The van der Waals surface area contributed by atoms with Crippen molar-refractivity contribution >= 4 is 23.2 Å². The van der Waals surface area contributed by atoms with Gasteiger partial charge in [0.1, 0.15) is 22.8 Å². The summed E-state index contributed by atoms with van der Waals surface area (Å²) in [6.07, 6.45) is 0.309. The van der Waals surface area contributed by atoms with Crippen molar-refractivity contribution < 1.29 is 34.8 Å². The minimum absolute atomic E-state index is 0.0539. The Morgan fingerprint density at radius 1 is 1.08 bits per heavy atom. The number of nitrogens with two attached hydrogens (primary N) is 1. The zero-order chi connectivity index (χ0) is 28.2. The van der Waals surface area contributed by atoms with Crippen LogP contribution in [0.2, 0.25) is 0 Å². The molecule has 0 radical (unpaired) electrons. The highest BCUT2D eigenvalue weighted by atomic mass is 16.3. The fraction of sp³-hybridized carbons (Fsp3) is 0.345. The standard InChI is InChI=1S/C29H31N3O7/c1-32(2)23-18-11-16-10-17-15(13-31-12-14-6-4-3-5-7-14)8-9-19(33)21(17)24(34)20(16)26(36)29(18,39)27(37)22(25(23)35)28(30)38/h3-9,16,18,23,31,33-34,37,39H,10-13H2,1-2H3,(H2,30,38)/t16-,18-,23+,29-/m0/s1. The van der Waals surface area contributed by atoms with Gasteiger partial charge in [-0.3, -0.25) is 19.3 Å². The van der Waals surface area contributed by atoms with Crippen LogP contribution in [-0.2, 0) is 33.9 Å². The van der Waals surface area contributed by atoms with E-state index in [-0.39, 0.29) is 29.7 Å². The van der Waals surface area contributed by atoms with Crippen molar-refractivity contribution in [2.75, 3.05) is 14.1 Å². The van der Waals surface area contributed by atoms with Gasteiger partial charge in [0.25, 0.3) is 5.91 Å². The summed E-state index contributed by atoms with van der Waals surface area (Å²) in [5.41, 5.74) is 4.37. The Kier molecular flexibility index (Phi) is 6.58. The minimum atomic E-state index is -2.64. The first-order chi connectivity index (χ1) is 18.5. The monoisotopic (exact) mass is 533 g/mol. The Hall–Kier alpha value is -3.99. The molecule has 1 amide bonds. The van der Waals surface area contributed by atoms with Crippen molar-refractivity contribution in [1.29, 1.82) is 0 Å². The number of Topliss-reactive ketones (excluding diaryl/α,β-unsaturated/α-hetero) is 2. The number of hydrogen-bond acceptors (Lipinski definition) is 9. The van der Waals surface area contributed by atoms with Crippen molar-refractivity contribution in [2.24, 2.45) is 17.6 Å². The smallest absolute Gasteiger partial charge is 0.255 e. The molecule has 1 fully saturated rings. The molecule has 39 heavy (non-hydrogen) atoms. The number of amides is 1. The van der Waals surface area contributed by atoms with Gasteiger partial charge in [-0.1, -0.05) is 36.4 Å². The molecule has 0 bridgehead atoms. The summed E-state index contributed by atoms with van der Waals surface area (Å²) in [7, 11) is 3.14. The molecule has 204 valence electrons. The van der Waals surface area contributed by atoms with Gasteiger partial charge in [0.05, 0.1) is 11.6 Å². The Balaban J connectivity index is 1.58. The van der Waals surface area contributed by atoms with Crippen LogP contribution in [0.25, 0.3) is 5.76 Å². The van der Waals surface area contributed by atoms with E-state index >= 15 is 0 Å². The fourth-order valence-electron chi connectivity index (χ4n) is 6.41. The van der Waals surface area contributed by atoms with Crippen molar-refractivity contribution in [1.82, 2.24) is 10.2 Å². The highest BCUT2D eigenvalue weighted by molar-refractivity contribution is 6.24. The first-order valence-electron chi connectivity index (χ1n) is 12.7. The highest BCUT2D eigenvalue weighted by Crippen LogP contribution is 2.52. The van der Waals surface area contributed by atoms with Crippen molar-refractivity contribution in [3.05, 3.63) is 81.6 Å². The van der Waals surface area contributed by atoms with E-state index in [0.717, 1.165) is 11.1 Å². The lowest BCUT2D eigenvalue weighted by Gasteiger charge is -2.50. The first kappa shape index (κ1) is 26.6. The van der Waals surface area contributed by atoms with Crippen LogP contribution in [0.4, 0.5) is 0 Å². The zero-order valence-corrected chi connectivity index (χ0v) is 21.6. The summed E-state index contributed by atoms with van der Waals surface area (Å²) >= 11 is 0. The number of carbonyl (C=O) groups excluding carboxylic acids is 3. The van der Waals surface area contributed by atoms with Crippen LogP contribution < -0.4 is 11.1 Å². The van der Waals surface area contributed by atoms with Gasteiger partial charge in [-0.2, -0.15) is 0 Å². The molecule has 2 aromatic carbocycles. The van der Waals surface area contributed by atoms with E-state index in [1.54, 1.807) is 20.2 Å². The summed E-state index contributed by atoms with van der Waals surface area (Å²) in [6.45, 7) is 1.03. The number of benzene rings is 2. The number of ketones is 2. The number of aliphatic hydroxyl groups excluding tert-OH is 2. The topological polar surface area (TPSA) is 173 Å². The minimum Gasteiger partial charge on any atom is -0.508 e. The number of primary amides is 1.